The summed E-state index contributed by atoms with van der Waals surface area (Å²) in [5.41, 5.74) is 4.44. The average molecular weight is 298 g/mol. The smallest absolute Gasteiger partial charge is 0.0921 e. The van der Waals surface area contributed by atoms with Gasteiger partial charge in [-0.05, 0) is 36.1 Å². The van der Waals surface area contributed by atoms with E-state index in [1.54, 1.807) is 12.5 Å². The quantitative estimate of drug-likeness (QED) is 0.786. The normalized spacial score (nSPS) is 12.3. The molecule has 0 amide bonds. The third-order valence-corrected chi connectivity index (χ3v) is 4.17. The van der Waals surface area contributed by atoms with E-state index in [0.717, 1.165) is 28.3 Å². The number of aromatic amines is 1. The van der Waals surface area contributed by atoms with E-state index >= 15 is 0 Å². The summed E-state index contributed by atoms with van der Waals surface area (Å²) in [6, 6.07) is 10.2. The molecule has 4 heteroatoms. The van der Waals surface area contributed by atoms with Crippen LogP contribution in [0.3, 0.4) is 0 Å². The molecule has 0 aliphatic rings. The van der Waals surface area contributed by atoms with E-state index in [2.05, 4.69) is 27.1 Å². The maximum atomic E-state index is 6.52. The summed E-state index contributed by atoms with van der Waals surface area (Å²) in [5, 5.41) is 0.820. The summed E-state index contributed by atoms with van der Waals surface area (Å²) in [6.07, 6.45) is 8.08. The lowest BCUT2D eigenvalue weighted by Crippen LogP contribution is -2.07. The molecule has 2 heterocycles. The van der Waals surface area contributed by atoms with Crippen LogP contribution in [0.5, 0.6) is 0 Å². The fourth-order valence-corrected chi connectivity index (χ4v) is 2.80. The second kappa shape index (κ2) is 6.10. The average Bonchev–Trinajstić information content (AvgIpc) is 3.03. The fraction of sp³-hybridized carbons (Fsp3) is 0.176. The number of nitrogens with one attached hydrogen (secondary N) is 1. The maximum absolute atomic E-state index is 6.52. The first-order chi connectivity index (χ1) is 10.3. The van der Waals surface area contributed by atoms with Crippen LogP contribution in [-0.4, -0.2) is 15.0 Å². The Morgan fingerprint density at radius 3 is 2.76 bits per heavy atom. The van der Waals surface area contributed by atoms with Gasteiger partial charge in [0.2, 0.25) is 0 Å². The Morgan fingerprint density at radius 2 is 2.05 bits per heavy atom. The number of aromatic nitrogens is 3. The monoisotopic (exact) mass is 297 g/mol. The first-order valence-electron chi connectivity index (χ1n) is 6.88. The standard InChI is InChI=1S/C17H16ClN3/c1-12-4-2-6-14(17(12)18)15(16-10-20-11-21-16)8-13-5-3-7-19-9-13/h2-7,9-11,15H,8H2,1H3,(H,20,21)/t15-/m0/s1. The van der Waals surface area contributed by atoms with Crippen molar-refractivity contribution < 1.29 is 0 Å². The topological polar surface area (TPSA) is 41.6 Å². The number of hydrogen-bond donors (Lipinski definition) is 1. The maximum Gasteiger partial charge on any atom is 0.0921 e. The molecule has 1 aromatic carbocycles. The van der Waals surface area contributed by atoms with Gasteiger partial charge < -0.3 is 4.98 Å². The zero-order chi connectivity index (χ0) is 14.7. The first kappa shape index (κ1) is 13.8. The van der Waals surface area contributed by atoms with Crippen molar-refractivity contribution in [2.45, 2.75) is 19.3 Å². The Labute approximate surface area is 129 Å². The van der Waals surface area contributed by atoms with E-state index in [4.69, 9.17) is 11.6 Å². The van der Waals surface area contributed by atoms with E-state index in [1.165, 1.54) is 5.56 Å². The van der Waals surface area contributed by atoms with Gasteiger partial charge in [-0.3, -0.25) is 4.98 Å². The minimum absolute atomic E-state index is 0.143. The van der Waals surface area contributed by atoms with Crippen LogP contribution < -0.4 is 0 Å². The summed E-state index contributed by atoms with van der Waals surface area (Å²) < 4.78 is 0. The van der Waals surface area contributed by atoms with Gasteiger partial charge in [-0.1, -0.05) is 35.9 Å². The van der Waals surface area contributed by atoms with E-state index in [0.29, 0.717) is 0 Å². The predicted octanol–water partition coefficient (Wildman–Crippen LogP) is 4.14. The highest BCUT2D eigenvalue weighted by molar-refractivity contribution is 6.32. The Bertz CT molecular complexity index is 708. The number of imidazole rings is 1. The molecule has 106 valence electrons. The van der Waals surface area contributed by atoms with Gasteiger partial charge in [-0.25, -0.2) is 4.98 Å². The molecule has 0 unspecified atom stereocenters. The van der Waals surface area contributed by atoms with Gasteiger partial charge in [0, 0.05) is 35.2 Å². The van der Waals surface area contributed by atoms with Gasteiger partial charge in [-0.2, -0.15) is 0 Å². The molecule has 0 aliphatic heterocycles. The van der Waals surface area contributed by atoms with Crippen LogP contribution in [0.4, 0.5) is 0 Å². The molecule has 3 aromatic rings. The third kappa shape index (κ3) is 2.98. The number of H-pyrrole nitrogens is 1. The van der Waals surface area contributed by atoms with Crippen molar-refractivity contribution in [3.8, 4) is 0 Å². The van der Waals surface area contributed by atoms with Gasteiger partial charge in [0.1, 0.15) is 0 Å². The SMILES string of the molecule is Cc1cccc([C@H](Cc2cccnc2)c2cnc[nH]2)c1Cl. The molecule has 0 spiro atoms. The van der Waals surface area contributed by atoms with Crippen molar-refractivity contribution in [2.24, 2.45) is 0 Å². The molecular weight excluding hydrogens is 282 g/mol. The highest BCUT2D eigenvalue weighted by Crippen LogP contribution is 2.33. The Balaban J connectivity index is 2.03. The molecule has 2 aromatic heterocycles. The highest BCUT2D eigenvalue weighted by Gasteiger charge is 2.19. The van der Waals surface area contributed by atoms with Crippen LogP contribution in [0.25, 0.3) is 0 Å². The zero-order valence-corrected chi connectivity index (χ0v) is 12.5. The Morgan fingerprint density at radius 1 is 1.14 bits per heavy atom. The minimum atomic E-state index is 0.143. The fourth-order valence-electron chi connectivity index (χ4n) is 2.54. The first-order valence-corrected chi connectivity index (χ1v) is 7.25. The number of nitrogens with zero attached hydrogens (tertiary/aromatic N) is 2. The van der Waals surface area contributed by atoms with Gasteiger partial charge in [0.25, 0.3) is 0 Å². The van der Waals surface area contributed by atoms with Crippen LogP contribution >= 0.6 is 11.6 Å². The van der Waals surface area contributed by atoms with Crippen molar-refractivity contribution in [3.63, 3.8) is 0 Å². The summed E-state index contributed by atoms with van der Waals surface area (Å²) in [4.78, 5) is 11.6. The highest BCUT2D eigenvalue weighted by atomic mass is 35.5. The lowest BCUT2D eigenvalue weighted by molar-refractivity contribution is 0.776. The van der Waals surface area contributed by atoms with Gasteiger partial charge in [0.15, 0.2) is 0 Å². The second-order valence-corrected chi connectivity index (χ2v) is 5.48. The molecule has 3 rings (SSSR count). The molecule has 21 heavy (non-hydrogen) atoms. The molecule has 0 saturated carbocycles. The van der Waals surface area contributed by atoms with Crippen LogP contribution in [0, 0.1) is 6.92 Å². The predicted molar refractivity (Wildman–Crippen MR) is 84.6 cm³/mol. The van der Waals surface area contributed by atoms with Crippen molar-refractivity contribution in [2.75, 3.05) is 0 Å². The summed E-state index contributed by atoms with van der Waals surface area (Å²) >= 11 is 6.52. The van der Waals surface area contributed by atoms with Gasteiger partial charge in [-0.15, -0.1) is 0 Å². The van der Waals surface area contributed by atoms with Crippen LogP contribution in [0.15, 0.2) is 55.2 Å². The van der Waals surface area contributed by atoms with Crippen LogP contribution in [0.1, 0.15) is 28.3 Å². The molecule has 1 N–H and O–H groups in total. The van der Waals surface area contributed by atoms with Crippen molar-refractivity contribution >= 4 is 11.6 Å². The van der Waals surface area contributed by atoms with Crippen molar-refractivity contribution in [1.29, 1.82) is 0 Å². The zero-order valence-electron chi connectivity index (χ0n) is 11.8. The number of rotatable bonds is 4. The molecule has 1 atom stereocenters. The van der Waals surface area contributed by atoms with Gasteiger partial charge in [0.05, 0.1) is 6.33 Å². The molecule has 0 aliphatic carbocycles. The summed E-state index contributed by atoms with van der Waals surface area (Å²) in [5.74, 6) is 0.143. The molecule has 0 fully saturated rings. The van der Waals surface area contributed by atoms with Crippen LogP contribution in [0.2, 0.25) is 5.02 Å². The van der Waals surface area contributed by atoms with E-state index in [9.17, 15) is 0 Å². The number of halogens is 1. The molecule has 3 nitrogen and oxygen atoms in total. The van der Waals surface area contributed by atoms with E-state index in [1.807, 2.05) is 37.5 Å². The van der Waals surface area contributed by atoms with Crippen LogP contribution in [-0.2, 0) is 6.42 Å². The molecule has 0 bridgehead atoms. The number of benzene rings is 1. The van der Waals surface area contributed by atoms with E-state index < -0.39 is 0 Å². The number of aryl methyl sites for hydroxylation is 1. The largest absolute Gasteiger partial charge is 0.348 e. The minimum Gasteiger partial charge on any atom is -0.348 e. The van der Waals surface area contributed by atoms with Gasteiger partial charge >= 0.3 is 0 Å². The lowest BCUT2D eigenvalue weighted by atomic mass is 9.89. The summed E-state index contributed by atoms with van der Waals surface area (Å²) in [7, 11) is 0. The van der Waals surface area contributed by atoms with Crippen molar-refractivity contribution in [3.05, 3.63) is 82.7 Å². The molecular formula is C17H16ClN3. The Hall–Kier alpha value is -2.13. The molecule has 0 radical (unpaired) electrons. The summed E-state index contributed by atoms with van der Waals surface area (Å²) in [6.45, 7) is 2.03. The molecule has 0 saturated heterocycles. The van der Waals surface area contributed by atoms with Crippen molar-refractivity contribution in [1.82, 2.24) is 15.0 Å². The third-order valence-electron chi connectivity index (χ3n) is 3.65. The number of pyridine rings is 1. The number of hydrogen-bond acceptors (Lipinski definition) is 2. The lowest BCUT2D eigenvalue weighted by Gasteiger charge is -2.18. The second-order valence-electron chi connectivity index (χ2n) is 5.10. The van der Waals surface area contributed by atoms with E-state index in [-0.39, 0.29) is 5.92 Å². The Kier molecular flexibility index (Phi) is 4.02.